The molecule has 1 unspecified atom stereocenters. The highest BCUT2D eigenvalue weighted by Gasteiger charge is 2.27. The van der Waals surface area contributed by atoms with Crippen molar-refractivity contribution in [2.24, 2.45) is 16.8 Å². The molecule has 158 valence electrons. The molecule has 2 atom stereocenters. The Morgan fingerprint density at radius 2 is 2.00 bits per heavy atom. The molecule has 1 heterocycles. The Morgan fingerprint density at radius 1 is 1.13 bits per heavy atom. The number of ketones is 1. The standard InChI is InChI=1S/C27H32FNO/c1-19-10-12-22(26(28)17-19)14-15-24(30)18-20-5-2-7-23(13-11-20)27-25-9-3-6-21(25)8-4-16-29-27/h3-4,9-10,12,16-17,20,23H,2,5-8,11,13-15,18H2,1H3/t20-,23?/m1/s1. The molecule has 0 radical (unpaired) electrons. The highest BCUT2D eigenvalue weighted by atomic mass is 19.1. The van der Waals surface area contributed by atoms with Crippen molar-refractivity contribution in [2.75, 3.05) is 0 Å². The zero-order valence-corrected chi connectivity index (χ0v) is 18.0. The molecule has 4 rings (SSSR count). The Labute approximate surface area is 179 Å². The van der Waals surface area contributed by atoms with E-state index in [-0.39, 0.29) is 11.6 Å². The van der Waals surface area contributed by atoms with Gasteiger partial charge in [-0.3, -0.25) is 9.79 Å². The van der Waals surface area contributed by atoms with Gasteiger partial charge in [0.2, 0.25) is 0 Å². The average molecular weight is 406 g/mol. The van der Waals surface area contributed by atoms with Crippen LogP contribution in [0.3, 0.4) is 0 Å². The molecule has 2 nitrogen and oxygen atoms in total. The fraction of sp³-hybridized carbons (Fsp3) is 0.481. The van der Waals surface area contributed by atoms with Gasteiger partial charge in [-0.1, -0.05) is 48.8 Å². The van der Waals surface area contributed by atoms with Crippen molar-refractivity contribution >= 4 is 11.5 Å². The largest absolute Gasteiger partial charge is 0.300 e. The molecule has 0 amide bonds. The third-order valence-corrected chi connectivity index (χ3v) is 6.86. The predicted molar refractivity (Wildman–Crippen MR) is 121 cm³/mol. The normalized spacial score (nSPS) is 23.7. The van der Waals surface area contributed by atoms with Gasteiger partial charge >= 0.3 is 0 Å². The number of carbonyl (C=O) groups excluding carboxylic acids is 1. The van der Waals surface area contributed by atoms with E-state index in [9.17, 15) is 9.18 Å². The van der Waals surface area contributed by atoms with Crippen molar-refractivity contribution in [1.82, 2.24) is 0 Å². The molecule has 1 aromatic carbocycles. The number of aryl methyl sites for hydroxylation is 2. The lowest BCUT2D eigenvalue weighted by Gasteiger charge is -2.18. The Hall–Kier alpha value is -2.29. The Balaban J connectivity index is 1.30. The van der Waals surface area contributed by atoms with Crippen LogP contribution < -0.4 is 0 Å². The fourth-order valence-corrected chi connectivity index (χ4v) is 5.14. The number of benzene rings is 1. The molecule has 1 saturated carbocycles. The van der Waals surface area contributed by atoms with Gasteiger partial charge in [0.15, 0.2) is 0 Å². The summed E-state index contributed by atoms with van der Waals surface area (Å²) in [6.07, 6.45) is 18.0. The lowest BCUT2D eigenvalue weighted by Crippen LogP contribution is -2.16. The van der Waals surface area contributed by atoms with E-state index in [0.717, 1.165) is 50.5 Å². The predicted octanol–water partition coefficient (Wildman–Crippen LogP) is 6.84. The monoisotopic (exact) mass is 405 g/mol. The van der Waals surface area contributed by atoms with Crippen LogP contribution in [0.5, 0.6) is 0 Å². The second kappa shape index (κ2) is 9.68. The maximum atomic E-state index is 14.0. The molecule has 0 N–H and O–H groups in total. The summed E-state index contributed by atoms with van der Waals surface area (Å²) in [6.45, 7) is 1.88. The minimum Gasteiger partial charge on any atom is -0.300 e. The van der Waals surface area contributed by atoms with Crippen LogP contribution >= 0.6 is 0 Å². The summed E-state index contributed by atoms with van der Waals surface area (Å²) in [5, 5.41) is 0. The highest BCUT2D eigenvalue weighted by Crippen LogP contribution is 2.35. The molecule has 1 aromatic rings. The smallest absolute Gasteiger partial charge is 0.133 e. The van der Waals surface area contributed by atoms with Gasteiger partial charge in [0, 0.05) is 25.0 Å². The number of hydrogen-bond donors (Lipinski definition) is 0. The van der Waals surface area contributed by atoms with Crippen molar-refractivity contribution in [2.45, 2.75) is 71.1 Å². The number of hydrogen-bond acceptors (Lipinski definition) is 2. The fourth-order valence-electron chi connectivity index (χ4n) is 5.14. The van der Waals surface area contributed by atoms with E-state index >= 15 is 0 Å². The molecular weight excluding hydrogens is 373 g/mol. The zero-order chi connectivity index (χ0) is 20.9. The average Bonchev–Trinajstić information content (AvgIpc) is 2.93. The second-order valence-electron chi connectivity index (χ2n) is 9.14. The topological polar surface area (TPSA) is 29.4 Å². The van der Waals surface area contributed by atoms with Gasteiger partial charge in [0.05, 0.1) is 5.71 Å². The van der Waals surface area contributed by atoms with Gasteiger partial charge in [-0.25, -0.2) is 4.39 Å². The van der Waals surface area contributed by atoms with E-state index in [1.807, 2.05) is 25.3 Å². The zero-order valence-electron chi connectivity index (χ0n) is 18.0. The van der Waals surface area contributed by atoms with Crippen LogP contribution in [-0.2, 0) is 11.2 Å². The molecule has 2 aliphatic carbocycles. The van der Waals surface area contributed by atoms with E-state index in [0.29, 0.717) is 36.7 Å². The Morgan fingerprint density at radius 3 is 2.87 bits per heavy atom. The molecule has 1 aliphatic heterocycles. The first-order valence-electron chi connectivity index (χ1n) is 11.5. The maximum Gasteiger partial charge on any atom is 0.133 e. The van der Waals surface area contributed by atoms with Crippen LogP contribution in [0.15, 0.2) is 58.8 Å². The van der Waals surface area contributed by atoms with E-state index in [1.165, 1.54) is 16.9 Å². The molecular formula is C27H32FNO. The maximum absolute atomic E-state index is 14.0. The van der Waals surface area contributed by atoms with Crippen molar-refractivity contribution in [1.29, 1.82) is 0 Å². The van der Waals surface area contributed by atoms with Crippen LogP contribution in [0.4, 0.5) is 4.39 Å². The van der Waals surface area contributed by atoms with E-state index in [4.69, 9.17) is 4.99 Å². The number of halogens is 1. The van der Waals surface area contributed by atoms with E-state index in [2.05, 4.69) is 18.2 Å². The van der Waals surface area contributed by atoms with Crippen LogP contribution in [0.25, 0.3) is 0 Å². The van der Waals surface area contributed by atoms with Crippen LogP contribution in [0.2, 0.25) is 0 Å². The molecule has 0 spiro atoms. The van der Waals surface area contributed by atoms with Gasteiger partial charge in [-0.05, 0) is 74.1 Å². The lowest BCUT2D eigenvalue weighted by atomic mass is 9.87. The molecule has 0 saturated heterocycles. The third kappa shape index (κ3) is 5.06. The van der Waals surface area contributed by atoms with Crippen molar-refractivity contribution < 1.29 is 9.18 Å². The minimum absolute atomic E-state index is 0.187. The van der Waals surface area contributed by atoms with Gasteiger partial charge in [-0.2, -0.15) is 0 Å². The number of carbonyl (C=O) groups is 1. The SMILES string of the molecule is Cc1ccc(CCC(=O)C[C@@H]2CCCC(C3=NC=CCC4=C3C=CC4)CC2)c(F)c1. The first-order chi connectivity index (χ1) is 14.6. The number of Topliss-reactive ketones (excluding diaryl/α,β-unsaturated/α-hetero) is 1. The molecule has 0 bridgehead atoms. The molecule has 30 heavy (non-hydrogen) atoms. The van der Waals surface area contributed by atoms with E-state index < -0.39 is 0 Å². The first-order valence-corrected chi connectivity index (χ1v) is 11.5. The summed E-state index contributed by atoms with van der Waals surface area (Å²) in [5.41, 5.74) is 5.72. The third-order valence-electron chi connectivity index (χ3n) is 6.86. The summed E-state index contributed by atoms with van der Waals surface area (Å²) >= 11 is 0. The summed E-state index contributed by atoms with van der Waals surface area (Å²) in [7, 11) is 0. The van der Waals surface area contributed by atoms with E-state index in [1.54, 1.807) is 6.07 Å². The summed E-state index contributed by atoms with van der Waals surface area (Å²) in [6, 6.07) is 5.29. The van der Waals surface area contributed by atoms with Gasteiger partial charge in [0.1, 0.15) is 11.6 Å². The summed E-state index contributed by atoms with van der Waals surface area (Å²) < 4.78 is 14.0. The highest BCUT2D eigenvalue weighted by molar-refractivity contribution is 6.06. The van der Waals surface area contributed by atoms with Gasteiger partial charge in [0.25, 0.3) is 0 Å². The molecule has 0 aromatic heterocycles. The van der Waals surface area contributed by atoms with Crippen LogP contribution in [0, 0.1) is 24.6 Å². The van der Waals surface area contributed by atoms with Crippen molar-refractivity contribution in [3.63, 3.8) is 0 Å². The number of aliphatic imine (C=N–C) groups is 1. The molecule has 3 heteroatoms. The molecule has 1 fully saturated rings. The van der Waals surface area contributed by atoms with Gasteiger partial charge in [-0.15, -0.1) is 0 Å². The van der Waals surface area contributed by atoms with Crippen LogP contribution in [-0.4, -0.2) is 11.5 Å². The quantitative estimate of drug-likeness (QED) is 0.477. The van der Waals surface area contributed by atoms with Crippen molar-refractivity contribution in [3.05, 3.63) is 70.7 Å². The van der Waals surface area contributed by atoms with Crippen LogP contribution in [0.1, 0.15) is 68.9 Å². The lowest BCUT2D eigenvalue weighted by molar-refractivity contribution is -0.120. The Bertz CT molecular complexity index is 921. The number of rotatable bonds is 6. The summed E-state index contributed by atoms with van der Waals surface area (Å²) in [4.78, 5) is 17.4. The molecule has 3 aliphatic rings. The first kappa shape index (κ1) is 21.0. The van der Waals surface area contributed by atoms with Crippen molar-refractivity contribution in [3.8, 4) is 0 Å². The minimum atomic E-state index is -0.187. The Kier molecular flexibility index (Phi) is 6.76. The second-order valence-corrected chi connectivity index (χ2v) is 9.14. The number of nitrogens with zero attached hydrogens (tertiary/aromatic N) is 1. The number of allylic oxidation sites excluding steroid dienone is 5. The summed E-state index contributed by atoms with van der Waals surface area (Å²) in [5.74, 6) is 1.05. The van der Waals surface area contributed by atoms with Gasteiger partial charge < -0.3 is 0 Å².